The standard InChI is InChI=1S/C15H20O/c1-4-16-15(10-12(2)13(3)11-15)14-8-6-5-7-9-14/h5-9,13H,2,4,10-11H2,1,3H3. The van der Waals surface area contributed by atoms with Gasteiger partial charge in [0.15, 0.2) is 0 Å². The second-order valence-corrected chi connectivity index (χ2v) is 4.73. The van der Waals surface area contributed by atoms with E-state index in [1.165, 1.54) is 11.1 Å². The van der Waals surface area contributed by atoms with Crippen molar-refractivity contribution in [3.63, 3.8) is 0 Å². The van der Waals surface area contributed by atoms with Crippen molar-refractivity contribution in [2.45, 2.75) is 32.3 Å². The lowest BCUT2D eigenvalue weighted by Gasteiger charge is -2.29. The molecule has 0 spiro atoms. The summed E-state index contributed by atoms with van der Waals surface area (Å²) in [7, 11) is 0. The third kappa shape index (κ3) is 1.92. The lowest BCUT2D eigenvalue weighted by molar-refractivity contribution is -0.0399. The van der Waals surface area contributed by atoms with Gasteiger partial charge in [-0.15, -0.1) is 0 Å². The van der Waals surface area contributed by atoms with Gasteiger partial charge in [-0.25, -0.2) is 0 Å². The van der Waals surface area contributed by atoms with Gasteiger partial charge in [0.05, 0.1) is 5.60 Å². The van der Waals surface area contributed by atoms with Gasteiger partial charge in [-0.3, -0.25) is 0 Å². The van der Waals surface area contributed by atoms with E-state index in [0.29, 0.717) is 5.92 Å². The van der Waals surface area contributed by atoms with Crippen LogP contribution >= 0.6 is 0 Å². The van der Waals surface area contributed by atoms with Crippen molar-refractivity contribution in [2.75, 3.05) is 6.61 Å². The third-order valence-corrected chi connectivity index (χ3v) is 3.57. The Bertz CT molecular complexity index is 368. The van der Waals surface area contributed by atoms with Gasteiger partial charge in [-0.1, -0.05) is 49.4 Å². The van der Waals surface area contributed by atoms with Crippen LogP contribution in [0, 0.1) is 5.92 Å². The van der Waals surface area contributed by atoms with Crippen LogP contribution in [0.25, 0.3) is 0 Å². The summed E-state index contributed by atoms with van der Waals surface area (Å²) < 4.78 is 6.06. The maximum atomic E-state index is 6.06. The molecule has 1 aromatic carbocycles. The van der Waals surface area contributed by atoms with Crippen molar-refractivity contribution in [3.05, 3.63) is 48.0 Å². The fraction of sp³-hybridized carbons (Fsp3) is 0.467. The summed E-state index contributed by atoms with van der Waals surface area (Å²) in [5.74, 6) is 0.562. The molecule has 2 atom stereocenters. The molecular weight excluding hydrogens is 196 g/mol. The number of ether oxygens (including phenoxy) is 1. The van der Waals surface area contributed by atoms with Gasteiger partial charge in [0.2, 0.25) is 0 Å². The Labute approximate surface area is 98.1 Å². The molecule has 0 amide bonds. The quantitative estimate of drug-likeness (QED) is 0.696. The molecule has 0 aromatic heterocycles. The molecule has 1 fully saturated rings. The average molecular weight is 216 g/mol. The lowest BCUT2D eigenvalue weighted by atomic mass is 9.91. The molecule has 0 heterocycles. The average Bonchev–Trinajstić information content (AvgIpc) is 2.57. The Morgan fingerprint density at radius 1 is 1.38 bits per heavy atom. The fourth-order valence-corrected chi connectivity index (χ4v) is 2.68. The second-order valence-electron chi connectivity index (χ2n) is 4.73. The first-order valence-corrected chi connectivity index (χ1v) is 6.05. The molecule has 1 aromatic rings. The van der Waals surface area contributed by atoms with Gasteiger partial charge in [0, 0.05) is 13.0 Å². The van der Waals surface area contributed by atoms with Crippen molar-refractivity contribution in [1.82, 2.24) is 0 Å². The molecule has 1 aliphatic carbocycles. The molecule has 0 radical (unpaired) electrons. The second kappa shape index (κ2) is 4.42. The Hall–Kier alpha value is -1.08. The molecule has 86 valence electrons. The highest BCUT2D eigenvalue weighted by Gasteiger charge is 2.41. The van der Waals surface area contributed by atoms with Crippen LogP contribution in [0.2, 0.25) is 0 Å². The van der Waals surface area contributed by atoms with E-state index in [-0.39, 0.29) is 5.60 Å². The largest absolute Gasteiger partial charge is 0.370 e. The van der Waals surface area contributed by atoms with Gasteiger partial charge < -0.3 is 4.74 Å². The van der Waals surface area contributed by atoms with E-state index in [1.807, 2.05) is 0 Å². The molecule has 1 aliphatic rings. The smallest absolute Gasteiger partial charge is 0.0973 e. The minimum Gasteiger partial charge on any atom is -0.370 e. The van der Waals surface area contributed by atoms with Crippen LogP contribution < -0.4 is 0 Å². The molecule has 2 rings (SSSR count). The number of hydrogen-bond donors (Lipinski definition) is 0. The lowest BCUT2D eigenvalue weighted by Crippen LogP contribution is -2.26. The summed E-state index contributed by atoms with van der Waals surface area (Å²) in [6.45, 7) is 9.23. The Kier molecular flexibility index (Phi) is 3.15. The first kappa shape index (κ1) is 11.4. The van der Waals surface area contributed by atoms with Crippen molar-refractivity contribution < 1.29 is 4.74 Å². The molecule has 0 aliphatic heterocycles. The Morgan fingerprint density at radius 3 is 2.56 bits per heavy atom. The van der Waals surface area contributed by atoms with E-state index in [0.717, 1.165) is 19.4 Å². The van der Waals surface area contributed by atoms with Gasteiger partial charge in [-0.05, 0) is 24.8 Å². The number of hydrogen-bond acceptors (Lipinski definition) is 1. The molecule has 1 saturated carbocycles. The van der Waals surface area contributed by atoms with Crippen LogP contribution in [0.4, 0.5) is 0 Å². The summed E-state index contributed by atoms with van der Waals surface area (Å²) in [6, 6.07) is 10.6. The highest BCUT2D eigenvalue weighted by molar-refractivity contribution is 5.29. The summed E-state index contributed by atoms with van der Waals surface area (Å²) in [4.78, 5) is 0. The summed E-state index contributed by atoms with van der Waals surface area (Å²) in [5, 5.41) is 0. The highest BCUT2D eigenvalue weighted by atomic mass is 16.5. The van der Waals surface area contributed by atoms with Gasteiger partial charge in [0.25, 0.3) is 0 Å². The molecule has 1 nitrogen and oxygen atoms in total. The van der Waals surface area contributed by atoms with E-state index in [9.17, 15) is 0 Å². The van der Waals surface area contributed by atoms with Crippen LogP contribution in [0.5, 0.6) is 0 Å². The minimum atomic E-state index is -0.119. The topological polar surface area (TPSA) is 9.23 Å². The third-order valence-electron chi connectivity index (χ3n) is 3.57. The van der Waals surface area contributed by atoms with Crippen LogP contribution in [0.15, 0.2) is 42.5 Å². The SMILES string of the molecule is C=C1CC(OCC)(c2ccccc2)CC1C. The molecule has 16 heavy (non-hydrogen) atoms. The first-order valence-electron chi connectivity index (χ1n) is 6.05. The predicted octanol–water partition coefficient (Wildman–Crippen LogP) is 3.90. The van der Waals surface area contributed by atoms with E-state index in [4.69, 9.17) is 4.74 Å². The molecule has 0 saturated heterocycles. The summed E-state index contributed by atoms with van der Waals surface area (Å²) >= 11 is 0. The zero-order chi connectivity index (χ0) is 11.6. The van der Waals surface area contributed by atoms with Crippen molar-refractivity contribution in [1.29, 1.82) is 0 Å². The van der Waals surface area contributed by atoms with Crippen LogP contribution in [-0.2, 0) is 10.3 Å². The molecule has 0 bridgehead atoms. The predicted molar refractivity (Wildman–Crippen MR) is 67.3 cm³/mol. The van der Waals surface area contributed by atoms with E-state index in [2.05, 4.69) is 50.8 Å². The van der Waals surface area contributed by atoms with Crippen molar-refractivity contribution in [3.8, 4) is 0 Å². The number of benzene rings is 1. The molecule has 1 heteroatoms. The van der Waals surface area contributed by atoms with Crippen molar-refractivity contribution in [2.24, 2.45) is 5.92 Å². The summed E-state index contributed by atoms with van der Waals surface area (Å²) in [6.07, 6.45) is 2.02. The molecule has 0 N–H and O–H groups in total. The number of rotatable bonds is 3. The maximum Gasteiger partial charge on any atom is 0.0973 e. The van der Waals surface area contributed by atoms with Crippen LogP contribution in [0.1, 0.15) is 32.3 Å². The minimum absolute atomic E-state index is 0.119. The van der Waals surface area contributed by atoms with Crippen LogP contribution in [-0.4, -0.2) is 6.61 Å². The Balaban J connectivity index is 2.34. The first-order chi connectivity index (χ1) is 7.68. The van der Waals surface area contributed by atoms with Gasteiger partial charge >= 0.3 is 0 Å². The molecular formula is C15H20O. The highest BCUT2D eigenvalue weighted by Crippen LogP contribution is 2.47. The van der Waals surface area contributed by atoms with Crippen molar-refractivity contribution >= 4 is 0 Å². The van der Waals surface area contributed by atoms with E-state index in [1.54, 1.807) is 0 Å². The monoisotopic (exact) mass is 216 g/mol. The maximum absolute atomic E-state index is 6.06. The van der Waals surface area contributed by atoms with Gasteiger partial charge in [-0.2, -0.15) is 0 Å². The van der Waals surface area contributed by atoms with E-state index >= 15 is 0 Å². The normalized spacial score (nSPS) is 29.6. The zero-order valence-electron chi connectivity index (χ0n) is 10.2. The Morgan fingerprint density at radius 2 is 2.06 bits per heavy atom. The molecule has 2 unspecified atom stereocenters. The summed E-state index contributed by atoms with van der Waals surface area (Å²) in [5.41, 5.74) is 2.49. The fourth-order valence-electron chi connectivity index (χ4n) is 2.68. The van der Waals surface area contributed by atoms with Gasteiger partial charge in [0.1, 0.15) is 0 Å². The zero-order valence-corrected chi connectivity index (χ0v) is 10.2. The van der Waals surface area contributed by atoms with Crippen LogP contribution in [0.3, 0.4) is 0 Å². The van der Waals surface area contributed by atoms with E-state index < -0.39 is 0 Å².